The van der Waals surface area contributed by atoms with Crippen LogP contribution < -0.4 is 9.47 Å². The average molecular weight is 542 g/mol. The third-order valence-corrected chi connectivity index (χ3v) is 7.76. The number of esters is 2. The van der Waals surface area contributed by atoms with Crippen molar-refractivity contribution in [1.29, 1.82) is 0 Å². The maximum Gasteiger partial charge on any atom is 0.352 e. The van der Waals surface area contributed by atoms with Crippen molar-refractivity contribution in [3.8, 4) is 11.5 Å². The summed E-state index contributed by atoms with van der Waals surface area (Å²) in [5.41, 5.74) is -0.316. The highest BCUT2D eigenvalue weighted by Crippen LogP contribution is 2.46. The monoisotopic (exact) mass is 540 g/mol. The quantitative estimate of drug-likeness (QED) is 0.230. The van der Waals surface area contributed by atoms with E-state index in [2.05, 4.69) is 31.9 Å². The zero-order valence-corrected chi connectivity index (χ0v) is 20.2. The highest BCUT2D eigenvalue weighted by atomic mass is 79.9. The number of hydrogen-bond donors (Lipinski definition) is 0. The van der Waals surface area contributed by atoms with Crippen LogP contribution in [0, 0.1) is 5.41 Å². The molecular weight excluding hydrogens is 516 g/mol. The second kappa shape index (κ2) is 11.4. The minimum Gasteiger partial charge on any atom is -0.487 e. The summed E-state index contributed by atoms with van der Waals surface area (Å²) in [4.78, 5) is 25.7. The normalized spacial score (nSPS) is 15.0. The van der Waals surface area contributed by atoms with Crippen LogP contribution in [0.25, 0.3) is 0 Å². The van der Waals surface area contributed by atoms with E-state index < -0.39 is 11.9 Å². The van der Waals surface area contributed by atoms with Crippen LogP contribution in [0.4, 0.5) is 0 Å². The van der Waals surface area contributed by atoms with Gasteiger partial charge in [0.1, 0.15) is 0 Å². The molecule has 0 bridgehead atoms. The van der Waals surface area contributed by atoms with Gasteiger partial charge in [0.15, 0.2) is 21.3 Å². The van der Waals surface area contributed by atoms with E-state index in [-0.39, 0.29) is 26.7 Å². The summed E-state index contributed by atoms with van der Waals surface area (Å²) in [5, 5.41) is 1.29. The zero-order chi connectivity index (χ0) is 20.6. The topological polar surface area (TPSA) is 71.1 Å². The maximum absolute atomic E-state index is 12.6. The Balaban J connectivity index is 2.31. The molecule has 0 fully saturated rings. The van der Waals surface area contributed by atoms with Crippen molar-refractivity contribution in [2.75, 3.05) is 37.1 Å². The Labute approximate surface area is 186 Å². The summed E-state index contributed by atoms with van der Waals surface area (Å²) in [7, 11) is 0. The molecule has 1 aromatic rings. The molecule has 0 aliphatic carbocycles. The van der Waals surface area contributed by atoms with Gasteiger partial charge in [-0.1, -0.05) is 58.5 Å². The number of thiophene rings is 1. The van der Waals surface area contributed by atoms with Crippen molar-refractivity contribution in [2.24, 2.45) is 5.41 Å². The second-order valence-electron chi connectivity index (χ2n) is 6.74. The van der Waals surface area contributed by atoms with Gasteiger partial charge in [0.05, 0.1) is 31.8 Å². The molecule has 1 aromatic heterocycles. The Kier molecular flexibility index (Phi) is 9.56. The molecule has 6 nitrogen and oxygen atoms in total. The van der Waals surface area contributed by atoms with Gasteiger partial charge in [-0.15, -0.1) is 11.3 Å². The molecule has 0 saturated carbocycles. The number of fused-ring (bicyclic) bond motifs is 1. The summed E-state index contributed by atoms with van der Waals surface area (Å²) in [5.74, 6) is -0.456. The number of hydrogen-bond acceptors (Lipinski definition) is 7. The highest BCUT2D eigenvalue weighted by molar-refractivity contribution is 9.09. The number of carbonyl (C=O) groups excluding carboxylic acids is 2. The highest BCUT2D eigenvalue weighted by Gasteiger charge is 2.39. The molecule has 0 amide bonds. The van der Waals surface area contributed by atoms with Gasteiger partial charge in [-0.2, -0.15) is 0 Å². The van der Waals surface area contributed by atoms with Crippen molar-refractivity contribution >= 4 is 55.1 Å². The van der Waals surface area contributed by atoms with E-state index in [0.717, 1.165) is 37.0 Å². The van der Waals surface area contributed by atoms with Gasteiger partial charge in [-0.3, -0.25) is 0 Å². The van der Waals surface area contributed by atoms with Crippen LogP contribution in [0.15, 0.2) is 0 Å². The molecule has 9 heteroatoms. The number of ether oxygens (including phenoxy) is 4. The molecular formula is C19H26Br2O6S. The lowest BCUT2D eigenvalue weighted by Crippen LogP contribution is -2.37. The smallest absolute Gasteiger partial charge is 0.352 e. The summed E-state index contributed by atoms with van der Waals surface area (Å²) < 4.78 is 22.6. The van der Waals surface area contributed by atoms with Gasteiger partial charge < -0.3 is 18.9 Å². The number of alkyl halides is 2. The van der Waals surface area contributed by atoms with Crippen LogP contribution in [0.2, 0.25) is 0 Å². The number of halogens is 2. The lowest BCUT2D eigenvalue weighted by molar-refractivity contribution is 0.0492. The Morgan fingerprint density at radius 3 is 1.71 bits per heavy atom. The first-order valence-electron chi connectivity index (χ1n) is 9.40. The minimum absolute atomic E-state index is 0.244. The minimum atomic E-state index is -0.504. The molecule has 1 aliphatic rings. The first kappa shape index (κ1) is 23.5. The van der Waals surface area contributed by atoms with Crippen LogP contribution in [0.3, 0.4) is 0 Å². The fourth-order valence-electron chi connectivity index (χ4n) is 2.36. The molecule has 0 unspecified atom stereocenters. The third-order valence-electron chi connectivity index (χ3n) is 4.27. The lowest BCUT2D eigenvalue weighted by Gasteiger charge is -2.26. The molecule has 1 aliphatic heterocycles. The van der Waals surface area contributed by atoms with Crippen LogP contribution in [-0.4, -0.2) is 49.0 Å². The Morgan fingerprint density at radius 1 is 0.929 bits per heavy atom. The number of unbranched alkanes of at least 4 members (excludes halogenated alkanes) is 2. The summed E-state index contributed by atoms with van der Waals surface area (Å²) in [6.45, 7) is 5.37. The average Bonchev–Trinajstić information content (AvgIpc) is 2.97. The fraction of sp³-hybridized carbons (Fsp3) is 0.684. The first-order valence-corrected chi connectivity index (χ1v) is 12.5. The van der Waals surface area contributed by atoms with Crippen LogP contribution >= 0.6 is 43.2 Å². The molecule has 2 rings (SSSR count). The summed E-state index contributed by atoms with van der Waals surface area (Å²) >= 11 is 8.02. The van der Waals surface area contributed by atoms with Gasteiger partial charge >= 0.3 is 11.9 Å². The van der Waals surface area contributed by atoms with Crippen LogP contribution in [-0.2, 0) is 9.47 Å². The molecule has 2 heterocycles. The van der Waals surface area contributed by atoms with Crippen molar-refractivity contribution in [2.45, 2.75) is 39.5 Å². The molecule has 0 spiro atoms. The number of rotatable bonds is 10. The molecule has 158 valence electrons. The van der Waals surface area contributed by atoms with E-state index in [1.54, 1.807) is 0 Å². The Morgan fingerprint density at radius 2 is 1.36 bits per heavy atom. The Bertz CT molecular complexity index is 621. The lowest BCUT2D eigenvalue weighted by atomic mass is 9.96. The maximum atomic E-state index is 12.6. The van der Waals surface area contributed by atoms with E-state index in [0.29, 0.717) is 37.1 Å². The second-order valence-corrected chi connectivity index (χ2v) is 8.88. The van der Waals surface area contributed by atoms with Crippen LogP contribution in [0.5, 0.6) is 11.5 Å². The van der Waals surface area contributed by atoms with Crippen molar-refractivity contribution in [1.82, 2.24) is 0 Å². The van der Waals surface area contributed by atoms with Gasteiger partial charge in [-0.05, 0) is 12.8 Å². The summed E-state index contributed by atoms with van der Waals surface area (Å²) in [6, 6.07) is 0. The van der Waals surface area contributed by atoms with E-state index in [1.165, 1.54) is 0 Å². The fourth-order valence-corrected chi connectivity index (χ4v) is 4.92. The van der Waals surface area contributed by atoms with E-state index in [4.69, 9.17) is 18.9 Å². The predicted molar refractivity (Wildman–Crippen MR) is 116 cm³/mol. The first-order chi connectivity index (χ1) is 13.5. The molecule has 0 aromatic carbocycles. The zero-order valence-electron chi connectivity index (χ0n) is 16.2. The van der Waals surface area contributed by atoms with Crippen molar-refractivity contribution < 1.29 is 28.5 Å². The van der Waals surface area contributed by atoms with Gasteiger partial charge in [0.25, 0.3) is 0 Å². The van der Waals surface area contributed by atoms with Crippen molar-refractivity contribution in [3.63, 3.8) is 0 Å². The van der Waals surface area contributed by atoms with E-state index in [9.17, 15) is 9.59 Å². The van der Waals surface area contributed by atoms with Gasteiger partial charge in [-0.25, -0.2) is 9.59 Å². The van der Waals surface area contributed by atoms with E-state index >= 15 is 0 Å². The SMILES string of the molecule is CCCCOC(=O)c1sc(C(=O)OCCCC)c2c1OCC(CBr)(CBr)CO2. The molecule has 0 atom stereocenters. The Hall–Kier alpha value is -0.800. The largest absolute Gasteiger partial charge is 0.487 e. The molecule has 0 N–H and O–H groups in total. The van der Waals surface area contributed by atoms with Crippen molar-refractivity contribution in [3.05, 3.63) is 9.75 Å². The van der Waals surface area contributed by atoms with Crippen LogP contribution in [0.1, 0.15) is 58.9 Å². The van der Waals surface area contributed by atoms with Gasteiger partial charge in [0, 0.05) is 10.7 Å². The number of carbonyl (C=O) groups is 2. The van der Waals surface area contributed by atoms with E-state index in [1.807, 2.05) is 13.8 Å². The van der Waals surface area contributed by atoms with Gasteiger partial charge in [0.2, 0.25) is 0 Å². The summed E-state index contributed by atoms with van der Waals surface area (Å²) in [6.07, 6.45) is 3.39. The standard InChI is InChI=1S/C19H26Br2O6S/c1-3-5-7-24-17(22)15-13-14(16(28-15)18(23)25-8-6-4-2)27-12-19(9-20,10-21)11-26-13/h3-12H2,1-2H3. The third kappa shape index (κ3) is 5.63. The predicted octanol–water partition coefficient (Wildman–Crippen LogP) is 5.21. The molecule has 28 heavy (non-hydrogen) atoms. The molecule has 0 saturated heterocycles. The molecule has 0 radical (unpaired) electrons.